The molecule has 1 heterocycles. The van der Waals surface area contributed by atoms with E-state index in [0.29, 0.717) is 13.2 Å². The molecule has 1 aliphatic heterocycles. The third kappa shape index (κ3) is 2.86. The monoisotopic (exact) mass is 256 g/mol. The SMILES string of the molecule is c1ccc(NN(c2ccccc2)C2OCCO2)cc1. The number of ether oxygens (including phenoxy) is 2. The van der Waals surface area contributed by atoms with E-state index in [1.54, 1.807) is 0 Å². The number of rotatable bonds is 4. The summed E-state index contributed by atoms with van der Waals surface area (Å²) in [5, 5.41) is 1.89. The number of anilines is 2. The van der Waals surface area contributed by atoms with E-state index in [4.69, 9.17) is 9.47 Å². The molecule has 19 heavy (non-hydrogen) atoms. The van der Waals surface area contributed by atoms with Crippen molar-refractivity contribution in [1.82, 2.24) is 0 Å². The summed E-state index contributed by atoms with van der Waals surface area (Å²) in [5.41, 5.74) is 5.31. The van der Waals surface area contributed by atoms with Crippen LogP contribution in [0.1, 0.15) is 0 Å². The molecule has 1 fully saturated rings. The molecule has 0 bridgehead atoms. The lowest BCUT2D eigenvalue weighted by molar-refractivity contribution is -0.0391. The molecule has 0 atom stereocenters. The maximum Gasteiger partial charge on any atom is 0.258 e. The summed E-state index contributed by atoms with van der Waals surface area (Å²) in [5.74, 6) is 0. The Kier molecular flexibility index (Phi) is 3.63. The first-order valence-corrected chi connectivity index (χ1v) is 6.33. The van der Waals surface area contributed by atoms with Gasteiger partial charge in [-0.15, -0.1) is 0 Å². The molecular weight excluding hydrogens is 240 g/mol. The molecule has 4 nitrogen and oxygen atoms in total. The van der Waals surface area contributed by atoms with Crippen molar-refractivity contribution >= 4 is 11.4 Å². The van der Waals surface area contributed by atoms with E-state index in [0.717, 1.165) is 11.4 Å². The Morgan fingerprint density at radius 3 is 2.05 bits per heavy atom. The van der Waals surface area contributed by atoms with Crippen molar-refractivity contribution in [1.29, 1.82) is 0 Å². The Labute approximate surface area is 112 Å². The molecule has 3 rings (SSSR count). The van der Waals surface area contributed by atoms with Crippen molar-refractivity contribution in [2.24, 2.45) is 0 Å². The molecule has 0 amide bonds. The summed E-state index contributed by atoms with van der Waals surface area (Å²) in [4.78, 5) is 0. The number of nitrogens with zero attached hydrogens (tertiary/aromatic N) is 1. The molecule has 0 radical (unpaired) electrons. The second-order valence-corrected chi connectivity index (χ2v) is 4.23. The van der Waals surface area contributed by atoms with Gasteiger partial charge in [0.1, 0.15) is 0 Å². The second-order valence-electron chi connectivity index (χ2n) is 4.23. The van der Waals surface area contributed by atoms with E-state index in [-0.39, 0.29) is 0 Å². The molecule has 1 N–H and O–H groups in total. The minimum absolute atomic E-state index is 0.400. The first kappa shape index (κ1) is 12.0. The summed E-state index contributed by atoms with van der Waals surface area (Å²) in [7, 11) is 0. The molecule has 2 aromatic carbocycles. The Bertz CT molecular complexity index is 498. The molecule has 0 unspecified atom stereocenters. The fourth-order valence-corrected chi connectivity index (χ4v) is 1.97. The van der Waals surface area contributed by atoms with Gasteiger partial charge in [-0.1, -0.05) is 36.4 Å². The summed E-state index contributed by atoms with van der Waals surface area (Å²) >= 11 is 0. The molecular formula is C15H16N2O2. The highest BCUT2D eigenvalue weighted by Crippen LogP contribution is 2.21. The van der Waals surface area contributed by atoms with Crippen molar-refractivity contribution in [3.05, 3.63) is 60.7 Å². The van der Waals surface area contributed by atoms with Crippen LogP contribution >= 0.6 is 0 Å². The third-order valence-corrected chi connectivity index (χ3v) is 2.87. The van der Waals surface area contributed by atoms with Gasteiger partial charge in [0, 0.05) is 0 Å². The van der Waals surface area contributed by atoms with Crippen molar-refractivity contribution in [2.45, 2.75) is 6.41 Å². The predicted molar refractivity (Wildman–Crippen MR) is 74.7 cm³/mol. The van der Waals surface area contributed by atoms with Gasteiger partial charge in [-0.2, -0.15) is 0 Å². The standard InChI is InChI=1S/C15H16N2O2/c1-3-7-13(8-4-1)16-17(15-18-11-12-19-15)14-9-5-2-6-10-14/h1-10,15-16H,11-12H2. The number of para-hydroxylation sites is 2. The van der Waals surface area contributed by atoms with Crippen molar-refractivity contribution in [2.75, 3.05) is 23.6 Å². The van der Waals surface area contributed by atoms with E-state index in [2.05, 4.69) is 5.43 Å². The summed E-state index contributed by atoms with van der Waals surface area (Å²) in [6.45, 7) is 1.23. The van der Waals surface area contributed by atoms with E-state index in [1.807, 2.05) is 65.7 Å². The minimum Gasteiger partial charge on any atom is -0.332 e. The van der Waals surface area contributed by atoms with Gasteiger partial charge in [-0.05, 0) is 24.3 Å². The zero-order valence-corrected chi connectivity index (χ0v) is 10.5. The first-order chi connectivity index (χ1) is 9.43. The highest BCUT2D eigenvalue weighted by atomic mass is 16.7. The average Bonchev–Trinajstić information content (AvgIpc) is 3.01. The quantitative estimate of drug-likeness (QED) is 0.853. The number of nitrogens with one attached hydrogen (secondary N) is 1. The Hall–Kier alpha value is -2.04. The van der Waals surface area contributed by atoms with Gasteiger partial charge in [0.15, 0.2) is 0 Å². The number of hydrogen-bond acceptors (Lipinski definition) is 4. The molecule has 1 saturated heterocycles. The first-order valence-electron chi connectivity index (χ1n) is 6.33. The van der Waals surface area contributed by atoms with Crippen LogP contribution in [-0.4, -0.2) is 19.6 Å². The smallest absolute Gasteiger partial charge is 0.258 e. The zero-order valence-electron chi connectivity index (χ0n) is 10.5. The molecule has 0 aliphatic carbocycles. The average molecular weight is 256 g/mol. The van der Waals surface area contributed by atoms with Gasteiger partial charge >= 0.3 is 0 Å². The van der Waals surface area contributed by atoms with Gasteiger partial charge in [0.2, 0.25) is 0 Å². The van der Waals surface area contributed by atoms with Crippen LogP contribution in [0.15, 0.2) is 60.7 Å². The van der Waals surface area contributed by atoms with E-state index < -0.39 is 6.41 Å². The molecule has 0 aromatic heterocycles. The van der Waals surface area contributed by atoms with Crippen molar-refractivity contribution in [3.8, 4) is 0 Å². The Morgan fingerprint density at radius 2 is 1.42 bits per heavy atom. The Balaban J connectivity index is 1.84. The summed E-state index contributed by atoms with van der Waals surface area (Å²) < 4.78 is 11.2. The fourth-order valence-electron chi connectivity index (χ4n) is 1.97. The Morgan fingerprint density at radius 1 is 0.842 bits per heavy atom. The highest BCUT2D eigenvalue weighted by Gasteiger charge is 2.24. The van der Waals surface area contributed by atoms with Crippen LogP contribution in [0.4, 0.5) is 11.4 Å². The van der Waals surface area contributed by atoms with Crippen LogP contribution in [0.5, 0.6) is 0 Å². The molecule has 4 heteroatoms. The van der Waals surface area contributed by atoms with Gasteiger partial charge in [0.05, 0.1) is 24.6 Å². The maximum atomic E-state index is 5.58. The lowest BCUT2D eigenvalue weighted by Crippen LogP contribution is -2.40. The normalized spacial score (nSPS) is 15.4. The molecule has 0 saturated carbocycles. The second kappa shape index (κ2) is 5.73. The molecule has 98 valence electrons. The lowest BCUT2D eigenvalue weighted by Gasteiger charge is -2.30. The van der Waals surface area contributed by atoms with Crippen LogP contribution in [0, 0.1) is 0 Å². The highest BCUT2D eigenvalue weighted by molar-refractivity contribution is 5.55. The fraction of sp³-hybridized carbons (Fsp3) is 0.200. The third-order valence-electron chi connectivity index (χ3n) is 2.87. The van der Waals surface area contributed by atoms with Crippen LogP contribution in [-0.2, 0) is 9.47 Å². The van der Waals surface area contributed by atoms with Gasteiger partial charge < -0.3 is 9.47 Å². The maximum absolute atomic E-state index is 5.58. The molecule has 1 aliphatic rings. The van der Waals surface area contributed by atoms with Gasteiger partial charge in [-0.25, -0.2) is 5.01 Å². The van der Waals surface area contributed by atoms with Gasteiger partial charge in [-0.3, -0.25) is 5.43 Å². The van der Waals surface area contributed by atoms with E-state index >= 15 is 0 Å². The molecule has 0 spiro atoms. The number of hydrogen-bond donors (Lipinski definition) is 1. The van der Waals surface area contributed by atoms with Crippen LogP contribution < -0.4 is 10.4 Å². The zero-order chi connectivity index (χ0) is 12.9. The topological polar surface area (TPSA) is 33.7 Å². The lowest BCUT2D eigenvalue weighted by atomic mass is 10.3. The summed E-state index contributed by atoms with van der Waals surface area (Å²) in [6.07, 6.45) is -0.400. The molecule has 2 aromatic rings. The number of benzene rings is 2. The van der Waals surface area contributed by atoms with Crippen molar-refractivity contribution in [3.63, 3.8) is 0 Å². The van der Waals surface area contributed by atoms with Crippen LogP contribution in [0.3, 0.4) is 0 Å². The minimum atomic E-state index is -0.400. The largest absolute Gasteiger partial charge is 0.332 e. The predicted octanol–water partition coefficient (Wildman–Crippen LogP) is 2.85. The number of hydrazine groups is 1. The van der Waals surface area contributed by atoms with Crippen molar-refractivity contribution < 1.29 is 9.47 Å². The van der Waals surface area contributed by atoms with Crippen LogP contribution in [0.25, 0.3) is 0 Å². The van der Waals surface area contributed by atoms with Crippen LogP contribution in [0.2, 0.25) is 0 Å². The van der Waals surface area contributed by atoms with E-state index in [1.165, 1.54) is 0 Å². The van der Waals surface area contributed by atoms with E-state index in [9.17, 15) is 0 Å². The summed E-state index contributed by atoms with van der Waals surface area (Å²) in [6, 6.07) is 20.0. The van der Waals surface area contributed by atoms with Gasteiger partial charge in [0.25, 0.3) is 6.41 Å².